The van der Waals surface area contributed by atoms with Crippen LogP contribution in [0.2, 0.25) is 0 Å². The summed E-state index contributed by atoms with van der Waals surface area (Å²) in [5.41, 5.74) is 3.65. The molecule has 0 saturated heterocycles. The Morgan fingerprint density at radius 3 is 2.39 bits per heavy atom. The second-order valence-electron chi connectivity index (χ2n) is 5.59. The Hall–Kier alpha value is -2.62. The van der Waals surface area contributed by atoms with Crippen LogP contribution in [0.25, 0.3) is 0 Å². The minimum absolute atomic E-state index is 0.0358. The van der Waals surface area contributed by atoms with Crippen molar-refractivity contribution in [1.82, 2.24) is 5.32 Å². The van der Waals surface area contributed by atoms with Crippen LogP contribution in [0.3, 0.4) is 0 Å². The number of carboxylic acid groups (broad SMARTS) is 1. The zero-order valence-corrected chi connectivity index (χ0v) is 13.2. The number of carbonyl (C=O) groups is 2. The predicted octanol–water partition coefficient (Wildman–Crippen LogP) is 2.98. The molecule has 2 rings (SSSR count). The molecule has 0 aliphatic rings. The summed E-state index contributed by atoms with van der Waals surface area (Å²) < 4.78 is 0. The van der Waals surface area contributed by atoms with Gasteiger partial charge in [0.1, 0.15) is 0 Å². The lowest BCUT2D eigenvalue weighted by atomic mass is 10.1. The van der Waals surface area contributed by atoms with E-state index in [1.807, 2.05) is 25.1 Å². The molecule has 2 aromatic rings. The number of aromatic carboxylic acids is 1. The fraction of sp³-hybridized carbons (Fsp3) is 0.263. The fourth-order valence-electron chi connectivity index (χ4n) is 2.37. The Bertz CT molecular complexity index is 677. The highest BCUT2D eigenvalue weighted by atomic mass is 16.4. The molecule has 120 valence electrons. The van der Waals surface area contributed by atoms with Crippen LogP contribution in [-0.4, -0.2) is 23.5 Å². The maximum Gasteiger partial charge on any atom is 0.335 e. The predicted molar refractivity (Wildman–Crippen MR) is 89.6 cm³/mol. The highest BCUT2D eigenvalue weighted by Crippen LogP contribution is 2.07. The van der Waals surface area contributed by atoms with Crippen LogP contribution in [0.4, 0.5) is 0 Å². The van der Waals surface area contributed by atoms with Crippen molar-refractivity contribution in [2.24, 2.45) is 0 Å². The van der Waals surface area contributed by atoms with Crippen LogP contribution in [-0.2, 0) is 17.6 Å². The molecule has 2 N–H and O–H groups in total. The average Bonchev–Trinajstić information content (AvgIpc) is 2.53. The maximum atomic E-state index is 11.8. The van der Waals surface area contributed by atoms with Crippen molar-refractivity contribution < 1.29 is 14.7 Å². The molecule has 23 heavy (non-hydrogen) atoms. The summed E-state index contributed by atoms with van der Waals surface area (Å²) >= 11 is 0. The van der Waals surface area contributed by atoms with E-state index in [-0.39, 0.29) is 11.5 Å². The van der Waals surface area contributed by atoms with Gasteiger partial charge in [-0.15, -0.1) is 0 Å². The number of hydrogen-bond donors (Lipinski definition) is 2. The molecule has 0 saturated carbocycles. The number of aryl methyl sites for hydroxylation is 2. The van der Waals surface area contributed by atoms with Gasteiger partial charge in [-0.3, -0.25) is 4.79 Å². The normalized spacial score (nSPS) is 10.3. The molecule has 0 radical (unpaired) electrons. The van der Waals surface area contributed by atoms with Gasteiger partial charge in [-0.1, -0.05) is 42.0 Å². The third kappa shape index (κ3) is 5.58. The monoisotopic (exact) mass is 311 g/mol. The smallest absolute Gasteiger partial charge is 0.335 e. The summed E-state index contributed by atoms with van der Waals surface area (Å²) in [5.74, 6) is -0.894. The van der Waals surface area contributed by atoms with E-state index in [1.165, 1.54) is 11.1 Å². The van der Waals surface area contributed by atoms with Crippen LogP contribution >= 0.6 is 0 Å². The summed E-state index contributed by atoms with van der Waals surface area (Å²) in [7, 11) is 0. The minimum atomic E-state index is -0.930. The van der Waals surface area contributed by atoms with Gasteiger partial charge < -0.3 is 10.4 Å². The quantitative estimate of drug-likeness (QED) is 0.826. The SMILES string of the molecule is Cc1cccc(CCC(=O)NCCc2ccc(C(=O)O)cc2)c1. The summed E-state index contributed by atoms with van der Waals surface area (Å²) in [6, 6.07) is 14.9. The van der Waals surface area contributed by atoms with E-state index < -0.39 is 5.97 Å². The standard InChI is InChI=1S/C19H21NO3/c1-14-3-2-4-16(13-14)7-10-18(21)20-12-11-15-5-8-17(9-6-15)19(22)23/h2-6,8-9,13H,7,10-12H2,1H3,(H,20,21)(H,22,23). The lowest BCUT2D eigenvalue weighted by molar-refractivity contribution is -0.121. The van der Waals surface area contributed by atoms with Gasteiger partial charge in [-0.25, -0.2) is 4.79 Å². The first-order chi connectivity index (χ1) is 11.0. The average molecular weight is 311 g/mol. The summed E-state index contributed by atoms with van der Waals surface area (Å²) in [5, 5.41) is 11.7. The van der Waals surface area contributed by atoms with Crippen molar-refractivity contribution in [3.63, 3.8) is 0 Å². The first kappa shape index (κ1) is 16.7. The zero-order valence-electron chi connectivity index (χ0n) is 13.2. The molecule has 0 spiro atoms. The molecule has 0 fully saturated rings. The van der Waals surface area contributed by atoms with Crippen molar-refractivity contribution in [1.29, 1.82) is 0 Å². The summed E-state index contributed by atoms with van der Waals surface area (Å²) in [6.45, 7) is 2.60. The first-order valence-corrected chi connectivity index (χ1v) is 7.69. The molecular weight excluding hydrogens is 290 g/mol. The molecule has 0 aliphatic carbocycles. The van der Waals surface area contributed by atoms with Gasteiger partial charge in [0.15, 0.2) is 0 Å². The minimum Gasteiger partial charge on any atom is -0.478 e. The van der Waals surface area contributed by atoms with Crippen molar-refractivity contribution in [2.45, 2.75) is 26.2 Å². The van der Waals surface area contributed by atoms with Gasteiger partial charge in [0, 0.05) is 13.0 Å². The molecule has 0 atom stereocenters. The van der Waals surface area contributed by atoms with E-state index in [0.29, 0.717) is 19.4 Å². The molecular formula is C19H21NO3. The lowest BCUT2D eigenvalue weighted by Crippen LogP contribution is -2.25. The van der Waals surface area contributed by atoms with Crippen molar-refractivity contribution in [3.05, 3.63) is 70.8 Å². The van der Waals surface area contributed by atoms with Crippen LogP contribution in [0.5, 0.6) is 0 Å². The topological polar surface area (TPSA) is 66.4 Å². The highest BCUT2D eigenvalue weighted by Gasteiger charge is 2.04. The fourth-order valence-corrected chi connectivity index (χ4v) is 2.37. The number of hydrogen-bond acceptors (Lipinski definition) is 2. The van der Waals surface area contributed by atoms with Gasteiger partial charge in [-0.2, -0.15) is 0 Å². The van der Waals surface area contributed by atoms with Crippen molar-refractivity contribution in [2.75, 3.05) is 6.54 Å². The molecule has 0 heterocycles. The van der Waals surface area contributed by atoms with E-state index >= 15 is 0 Å². The van der Waals surface area contributed by atoms with E-state index in [1.54, 1.807) is 24.3 Å². The Kier molecular flexibility index (Phi) is 5.92. The Balaban J connectivity index is 1.71. The second-order valence-corrected chi connectivity index (χ2v) is 5.59. The van der Waals surface area contributed by atoms with Gasteiger partial charge in [-0.05, 0) is 43.0 Å². The zero-order chi connectivity index (χ0) is 16.7. The third-order valence-electron chi connectivity index (χ3n) is 3.66. The Morgan fingerprint density at radius 2 is 1.74 bits per heavy atom. The van der Waals surface area contributed by atoms with Crippen LogP contribution in [0.15, 0.2) is 48.5 Å². The largest absolute Gasteiger partial charge is 0.478 e. The number of carboxylic acids is 1. The Morgan fingerprint density at radius 1 is 1.00 bits per heavy atom. The maximum absolute atomic E-state index is 11.8. The van der Waals surface area contributed by atoms with E-state index in [9.17, 15) is 9.59 Å². The van der Waals surface area contributed by atoms with Crippen molar-refractivity contribution >= 4 is 11.9 Å². The van der Waals surface area contributed by atoms with E-state index in [0.717, 1.165) is 12.0 Å². The molecule has 0 bridgehead atoms. The number of rotatable bonds is 7. The van der Waals surface area contributed by atoms with Crippen molar-refractivity contribution in [3.8, 4) is 0 Å². The molecule has 1 amide bonds. The third-order valence-corrected chi connectivity index (χ3v) is 3.66. The second kappa shape index (κ2) is 8.13. The first-order valence-electron chi connectivity index (χ1n) is 7.69. The number of benzene rings is 2. The molecule has 4 nitrogen and oxygen atoms in total. The summed E-state index contributed by atoms with van der Waals surface area (Å²) in [6.07, 6.45) is 1.90. The van der Waals surface area contributed by atoms with Gasteiger partial charge >= 0.3 is 5.97 Å². The molecule has 4 heteroatoms. The van der Waals surface area contributed by atoms with Gasteiger partial charge in [0.05, 0.1) is 5.56 Å². The van der Waals surface area contributed by atoms with Crippen LogP contribution in [0.1, 0.15) is 33.5 Å². The van der Waals surface area contributed by atoms with E-state index in [2.05, 4.69) is 11.4 Å². The summed E-state index contributed by atoms with van der Waals surface area (Å²) in [4.78, 5) is 22.6. The van der Waals surface area contributed by atoms with Crippen LogP contribution < -0.4 is 5.32 Å². The van der Waals surface area contributed by atoms with E-state index in [4.69, 9.17) is 5.11 Å². The van der Waals surface area contributed by atoms with Gasteiger partial charge in [0.2, 0.25) is 5.91 Å². The number of nitrogens with one attached hydrogen (secondary N) is 1. The number of carbonyl (C=O) groups excluding carboxylic acids is 1. The molecule has 0 aromatic heterocycles. The molecule has 0 aliphatic heterocycles. The van der Waals surface area contributed by atoms with Crippen LogP contribution in [0, 0.1) is 6.92 Å². The lowest BCUT2D eigenvalue weighted by Gasteiger charge is -2.06. The molecule has 0 unspecified atom stereocenters. The number of amides is 1. The highest BCUT2D eigenvalue weighted by molar-refractivity contribution is 5.87. The Labute approximate surface area is 136 Å². The molecule has 2 aromatic carbocycles. The van der Waals surface area contributed by atoms with Gasteiger partial charge in [0.25, 0.3) is 0 Å².